The Kier molecular flexibility index (Phi) is 4.16. The van der Waals surface area contributed by atoms with Crippen molar-refractivity contribution in [3.8, 4) is 0 Å². The lowest BCUT2D eigenvalue weighted by atomic mass is 10.2. The summed E-state index contributed by atoms with van der Waals surface area (Å²) in [4.78, 5) is 21.6. The average Bonchev–Trinajstić information content (AvgIpc) is 3.35. The Hall–Kier alpha value is -2.45. The van der Waals surface area contributed by atoms with Crippen LogP contribution in [0.5, 0.6) is 0 Å². The molecular formula is C17H18F3N5O. The Balaban J connectivity index is 1.58. The average molecular weight is 365 g/mol. The molecule has 0 bridgehead atoms. The maximum atomic E-state index is 12.9. The van der Waals surface area contributed by atoms with Gasteiger partial charge in [-0.05, 0) is 37.8 Å². The molecule has 1 aliphatic heterocycles. The molecule has 1 saturated heterocycles. The highest BCUT2D eigenvalue weighted by molar-refractivity contribution is 5.34. The molecule has 0 N–H and O–H groups in total. The number of nitrogens with zero attached hydrogens (tertiary/aromatic N) is 5. The van der Waals surface area contributed by atoms with Crippen LogP contribution >= 0.6 is 0 Å². The van der Waals surface area contributed by atoms with Crippen molar-refractivity contribution in [3.05, 3.63) is 46.1 Å². The maximum absolute atomic E-state index is 12.9. The zero-order chi connectivity index (χ0) is 18.3. The Bertz CT molecular complexity index is 862. The third-order valence-corrected chi connectivity index (χ3v) is 4.83. The first-order chi connectivity index (χ1) is 12.4. The van der Waals surface area contributed by atoms with E-state index in [1.807, 2.05) is 0 Å². The Morgan fingerprint density at radius 2 is 1.96 bits per heavy atom. The Morgan fingerprint density at radius 3 is 2.69 bits per heavy atom. The third-order valence-electron chi connectivity index (χ3n) is 4.83. The molecule has 1 aliphatic carbocycles. The second-order valence-corrected chi connectivity index (χ2v) is 6.78. The monoisotopic (exact) mass is 365 g/mol. The second kappa shape index (κ2) is 6.37. The third kappa shape index (κ3) is 3.42. The van der Waals surface area contributed by atoms with Crippen molar-refractivity contribution in [2.75, 3.05) is 11.4 Å². The van der Waals surface area contributed by atoms with Crippen molar-refractivity contribution in [1.82, 2.24) is 19.7 Å². The number of anilines is 1. The molecule has 2 fully saturated rings. The van der Waals surface area contributed by atoms with Crippen molar-refractivity contribution in [2.24, 2.45) is 0 Å². The van der Waals surface area contributed by atoms with E-state index in [4.69, 9.17) is 0 Å². The van der Waals surface area contributed by atoms with E-state index >= 15 is 0 Å². The van der Waals surface area contributed by atoms with Crippen LogP contribution in [0.2, 0.25) is 0 Å². The van der Waals surface area contributed by atoms with Crippen molar-refractivity contribution in [1.29, 1.82) is 0 Å². The smallest absolute Gasteiger partial charge is 0.336 e. The molecule has 2 aromatic rings. The predicted molar refractivity (Wildman–Crippen MR) is 87.9 cm³/mol. The predicted octanol–water partition coefficient (Wildman–Crippen LogP) is 2.60. The summed E-state index contributed by atoms with van der Waals surface area (Å²) in [5.41, 5.74) is -0.255. The number of alkyl halides is 3. The van der Waals surface area contributed by atoms with Gasteiger partial charge in [-0.1, -0.05) is 0 Å². The van der Waals surface area contributed by atoms with Crippen molar-refractivity contribution in [2.45, 2.75) is 50.4 Å². The van der Waals surface area contributed by atoms with E-state index in [2.05, 4.69) is 15.1 Å². The summed E-state index contributed by atoms with van der Waals surface area (Å²) in [5.74, 6) is 0.474. The number of hydrogen-bond donors (Lipinski definition) is 0. The van der Waals surface area contributed by atoms with Crippen LogP contribution in [-0.4, -0.2) is 32.3 Å². The zero-order valence-corrected chi connectivity index (χ0v) is 14.0. The second-order valence-electron chi connectivity index (χ2n) is 6.78. The molecule has 0 spiro atoms. The molecule has 2 aliphatic rings. The van der Waals surface area contributed by atoms with E-state index in [1.54, 1.807) is 11.0 Å². The Morgan fingerprint density at radius 1 is 1.15 bits per heavy atom. The molecule has 2 aromatic heterocycles. The van der Waals surface area contributed by atoms with E-state index in [1.165, 1.54) is 10.7 Å². The van der Waals surface area contributed by atoms with E-state index in [0.29, 0.717) is 19.0 Å². The molecule has 1 atom stereocenters. The SMILES string of the molecule is O=c1ccc(C2CC2)nn1CC1CCCN1c1nccc(C(F)(F)F)n1. The summed E-state index contributed by atoms with van der Waals surface area (Å²) >= 11 is 0. The van der Waals surface area contributed by atoms with E-state index < -0.39 is 11.9 Å². The lowest BCUT2D eigenvalue weighted by Gasteiger charge is -2.25. The molecule has 6 nitrogen and oxygen atoms in total. The van der Waals surface area contributed by atoms with E-state index in [0.717, 1.165) is 43.6 Å². The topological polar surface area (TPSA) is 63.9 Å². The molecule has 0 radical (unpaired) electrons. The molecule has 4 rings (SSSR count). The van der Waals surface area contributed by atoms with E-state index in [-0.39, 0.29) is 17.5 Å². The van der Waals surface area contributed by atoms with Crippen molar-refractivity contribution >= 4 is 5.95 Å². The Labute approximate surface area is 147 Å². The molecule has 26 heavy (non-hydrogen) atoms. The van der Waals surface area contributed by atoms with Gasteiger partial charge >= 0.3 is 6.18 Å². The fourth-order valence-electron chi connectivity index (χ4n) is 3.33. The minimum atomic E-state index is -4.51. The van der Waals surface area contributed by atoms with Gasteiger partial charge in [-0.25, -0.2) is 14.6 Å². The molecular weight excluding hydrogens is 347 g/mol. The number of rotatable bonds is 4. The van der Waals surface area contributed by atoms with Crippen LogP contribution in [0, 0.1) is 0 Å². The summed E-state index contributed by atoms with van der Waals surface area (Å²) in [6, 6.07) is 3.98. The van der Waals surface area contributed by atoms with Crippen LogP contribution in [0.3, 0.4) is 0 Å². The van der Waals surface area contributed by atoms with Crippen molar-refractivity contribution in [3.63, 3.8) is 0 Å². The highest BCUT2D eigenvalue weighted by Gasteiger charge is 2.35. The van der Waals surface area contributed by atoms with Crippen LogP contribution in [-0.2, 0) is 12.7 Å². The highest BCUT2D eigenvalue weighted by atomic mass is 19.4. The standard InChI is InChI=1S/C17H18F3N5O/c18-17(19,20)14-7-8-21-16(22-14)24-9-1-2-12(24)10-25-15(26)6-5-13(23-25)11-3-4-11/h5-8,11-12H,1-4,9-10H2. The van der Waals surface area contributed by atoms with Gasteiger partial charge in [-0.2, -0.15) is 18.3 Å². The summed E-state index contributed by atoms with van der Waals surface area (Å²) in [7, 11) is 0. The molecule has 138 valence electrons. The van der Waals surface area contributed by atoms with Gasteiger partial charge in [0.05, 0.1) is 18.3 Å². The molecule has 1 saturated carbocycles. The fraction of sp³-hybridized carbons (Fsp3) is 0.529. The molecule has 3 heterocycles. The lowest BCUT2D eigenvalue weighted by molar-refractivity contribution is -0.141. The van der Waals surface area contributed by atoms with Crippen LogP contribution in [0.15, 0.2) is 29.2 Å². The first kappa shape index (κ1) is 17.0. The van der Waals surface area contributed by atoms with Crippen LogP contribution in [0.1, 0.15) is 43.0 Å². The number of halogens is 3. The zero-order valence-electron chi connectivity index (χ0n) is 14.0. The summed E-state index contributed by atoms with van der Waals surface area (Å²) < 4.78 is 40.2. The van der Waals surface area contributed by atoms with Gasteiger partial charge in [0.1, 0.15) is 5.69 Å². The van der Waals surface area contributed by atoms with Gasteiger partial charge in [0.15, 0.2) is 0 Å². The van der Waals surface area contributed by atoms with Crippen LogP contribution in [0.4, 0.5) is 19.1 Å². The van der Waals surface area contributed by atoms with Crippen LogP contribution < -0.4 is 10.5 Å². The lowest BCUT2D eigenvalue weighted by Crippen LogP contribution is -2.38. The fourth-order valence-corrected chi connectivity index (χ4v) is 3.33. The van der Waals surface area contributed by atoms with E-state index in [9.17, 15) is 18.0 Å². The first-order valence-corrected chi connectivity index (χ1v) is 8.67. The normalized spacial score (nSPS) is 20.6. The van der Waals surface area contributed by atoms with Gasteiger partial charge in [-0.15, -0.1) is 0 Å². The minimum Gasteiger partial charge on any atom is -0.336 e. The minimum absolute atomic E-state index is 0.0497. The van der Waals surface area contributed by atoms with Crippen molar-refractivity contribution < 1.29 is 13.2 Å². The molecule has 1 unspecified atom stereocenters. The first-order valence-electron chi connectivity index (χ1n) is 8.67. The summed E-state index contributed by atoms with van der Waals surface area (Å²) in [6.07, 6.45) is 0.336. The molecule has 0 aromatic carbocycles. The number of hydrogen-bond acceptors (Lipinski definition) is 5. The summed E-state index contributed by atoms with van der Waals surface area (Å²) in [6.45, 7) is 0.877. The van der Waals surface area contributed by atoms with Gasteiger partial charge in [0, 0.05) is 24.7 Å². The largest absolute Gasteiger partial charge is 0.433 e. The van der Waals surface area contributed by atoms with Gasteiger partial charge in [0.2, 0.25) is 5.95 Å². The van der Waals surface area contributed by atoms with Gasteiger partial charge in [0.25, 0.3) is 5.56 Å². The number of aromatic nitrogens is 4. The van der Waals surface area contributed by atoms with Gasteiger partial charge < -0.3 is 4.90 Å². The van der Waals surface area contributed by atoms with Gasteiger partial charge in [-0.3, -0.25) is 4.79 Å². The molecule has 9 heteroatoms. The quantitative estimate of drug-likeness (QED) is 0.833. The molecule has 0 amide bonds. The summed E-state index contributed by atoms with van der Waals surface area (Å²) in [5, 5.41) is 4.44. The van der Waals surface area contributed by atoms with Crippen LogP contribution in [0.25, 0.3) is 0 Å². The highest BCUT2D eigenvalue weighted by Crippen LogP contribution is 2.38. The maximum Gasteiger partial charge on any atom is 0.433 e.